The molecule has 0 spiro atoms. The maximum Gasteiger partial charge on any atom is 0.416 e. The quantitative estimate of drug-likeness (QED) is 0.439. The molecule has 0 aromatic heterocycles. The minimum atomic E-state index is -4.40. The van der Waals surface area contributed by atoms with Crippen molar-refractivity contribution >= 4 is 29.3 Å². The monoisotopic (exact) mass is 519 g/mol. The maximum atomic E-state index is 13.2. The molecule has 0 N–H and O–H groups in total. The van der Waals surface area contributed by atoms with E-state index in [2.05, 4.69) is 29.2 Å². The molecule has 196 valence electrons. The number of halogens is 3. The van der Waals surface area contributed by atoms with Crippen LogP contribution >= 0.6 is 0 Å². The lowest BCUT2D eigenvalue weighted by Crippen LogP contribution is -2.38. The van der Waals surface area contributed by atoms with Crippen LogP contribution in [0.15, 0.2) is 78.9 Å². The van der Waals surface area contributed by atoms with E-state index in [-0.39, 0.29) is 18.2 Å². The van der Waals surface area contributed by atoms with Gasteiger partial charge in [0.15, 0.2) is 0 Å². The van der Waals surface area contributed by atoms with E-state index in [1.807, 2.05) is 36.4 Å². The van der Waals surface area contributed by atoms with Crippen LogP contribution in [0.25, 0.3) is 6.08 Å². The van der Waals surface area contributed by atoms with E-state index >= 15 is 0 Å². The molecule has 1 fully saturated rings. The van der Waals surface area contributed by atoms with Gasteiger partial charge < -0.3 is 14.7 Å². The molecule has 0 bridgehead atoms. The zero-order valence-corrected chi connectivity index (χ0v) is 20.8. The smallest absolute Gasteiger partial charge is 0.341 e. The second-order valence-electron chi connectivity index (χ2n) is 9.52. The van der Waals surface area contributed by atoms with Crippen molar-refractivity contribution < 1.29 is 22.8 Å². The molecule has 3 aromatic rings. The topological polar surface area (TPSA) is 43.9 Å². The molecule has 2 aliphatic heterocycles. The summed E-state index contributed by atoms with van der Waals surface area (Å²) in [6, 6.07) is 20.5. The van der Waals surface area contributed by atoms with Crippen LogP contribution < -0.4 is 4.90 Å². The molecular weight excluding hydrogens is 491 g/mol. The van der Waals surface area contributed by atoms with Crippen molar-refractivity contribution in [1.82, 2.24) is 9.80 Å². The second-order valence-corrected chi connectivity index (χ2v) is 9.52. The standard InChI is InChI=1S/C30H28F3N3O2/c31-30(32,33)25-12-8-22(9-13-25)21-28(37)34-16-4-17-35(20-19-34)29(38)24-10-14-26(15-11-24)36-18-3-6-23-5-1-2-7-27(23)36/h1-3,5-15H,4,16-21H2. The molecule has 2 heterocycles. The van der Waals surface area contributed by atoms with Gasteiger partial charge in [-0.05, 0) is 60.0 Å². The van der Waals surface area contributed by atoms with E-state index in [9.17, 15) is 22.8 Å². The summed E-state index contributed by atoms with van der Waals surface area (Å²) in [5.74, 6) is -0.230. The third kappa shape index (κ3) is 5.59. The molecule has 1 saturated heterocycles. The highest BCUT2D eigenvalue weighted by molar-refractivity contribution is 5.95. The Balaban J connectivity index is 1.19. The first-order chi connectivity index (χ1) is 18.3. The Bertz CT molecular complexity index is 1330. The highest BCUT2D eigenvalue weighted by Crippen LogP contribution is 2.32. The van der Waals surface area contributed by atoms with Crippen molar-refractivity contribution in [3.05, 3.63) is 101 Å². The number of nitrogens with zero attached hydrogens (tertiary/aromatic N) is 3. The molecule has 38 heavy (non-hydrogen) atoms. The predicted octanol–water partition coefficient (Wildman–Crippen LogP) is 5.79. The van der Waals surface area contributed by atoms with Crippen LogP contribution in [0, 0.1) is 0 Å². The summed E-state index contributed by atoms with van der Waals surface area (Å²) in [6.07, 6.45) is 0.492. The van der Waals surface area contributed by atoms with Crippen molar-refractivity contribution in [2.24, 2.45) is 0 Å². The van der Waals surface area contributed by atoms with Gasteiger partial charge in [-0.15, -0.1) is 0 Å². The molecular formula is C30H28F3N3O2. The second kappa shape index (κ2) is 10.7. The van der Waals surface area contributed by atoms with Crippen LogP contribution in [0.2, 0.25) is 0 Å². The van der Waals surface area contributed by atoms with Gasteiger partial charge in [0.2, 0.25) is 5.91 Å². The largest absolute Gasteiger partial charge is 0.416 e. The maximum absolute atomic E-state index is 13.2. The molecule has 0 radical (unpaired) electrons. The predicted molar refractivity (Wildman–Crippen MR) is 141 cm³/mol. The molecule has 2 aliphatic rings. The number of hydrogen-bond donors (Lipinski definition) is 0. The van der Waals surface area contributed by atoms with Crippen LogP contribution in [0.5, 0.6) is 0 Å². The minimum Gasteiger partial charge on any atom is -0.341 e. The fourth-order valence-electron chi connectivity index (χ4n) is 4.94. The number of para-hydroxylation sites is 1. The van der Waals surface area contributed by atoms with Crippen LogP contribution in [-0.2, 0) is 17.4 Å². The van der Waals surface area contributed by atoms with Crippen molar-refractivity contribution in [2.45, 2.75) is 19.0 Å². The lowest BCUT2D eigenvalue weighted by atomic mass is 10.1. The number of benzene rings is 3. The number of anilines is 2. The SMILES string of the molecule is O=C(Cc1ccc(C(F)(F)F)cc1)N1CCCN(C(=O)c2ccc(N3CC=Cc4ccccc43)cc2)CC1. The number of fused-ring (bicyclic) bond motifs is 1. The normalized spacial score (nSPS) is 15.7. The Kier molecular flexibility index (Phi) is 7.22. The van der Waals surface area contributed by atoms with Gasteiger partial charge in [-0.1, -0.05) is 42.5 Å². The van der Waals surface area contributed by atoms with Crippen molar-refractivity contribution in [1.29, 1.82) is 0 Å². The Morgan fingerprint density at radius 3 is 2.21 bits per heavy atom. The molecule has 5 rings (SSSR count). The van der Waals surface area contributed by atoms with E-state index in [4.69, 9.17) is 0 Å². The van der Waals surface area contributed by atoms with Crippen LogP contribution in [0.3, 0.4) is 0 Å². The molecule has 0 atom stereocenters. The highest BCUT2D eigenvalue weighted by Gasteiger charge is 2.30. The lowest BCUT2D eigenvalue weighted by molar-refractivity contribution is -0.137. The summed E-state index contributed by atoms with van der Waals surface area (Å²) >= 11 is 0. The van der Waals surface area contributed by atoms with E-state index in [1.165, 1.54) is 12.1 Å². The highest BCUT2D eigenvalue weighted by atomic mass is 19.4. The average Bonchev–Trinajstić information content (AvgIpc) is 3.19. The number of carbonyl (C=O) groups is 2. The number of rotatable bonds is 4. The zero-order chi connectivity index (χ0) is 26.7. The van der Waals surface area contributed by atoms with Gasteiger partial charge in [-0.25, -0.2) is 0 Å². The molecule has 0 saturated carbocycles. The van der Waals surface area contributed by atoms with Crippen LogP contribution in [-0.4, -0.2) is 54.3 Å². The number of alkyl halides is 3. The number of hydrogen-bond acceptors (Lipinski definition) is 3. The molecule has 5 nitrogen and oxygen atoms in total. The number of amides is 2. The van der Waals surface area contributed by atoms with Crippen molar-refractivity contribution in [2.75, 3.05) is 37.6 Å². The third-order valence-corrected chi connectivity index (χ3v) is 7.01. The van der Waals surface area contributed by atoms with Gasteiger partial charge in [0.05, 0.1) is 12.0 Å². The lowest BCUT2D eigenvalue weighted by Gasteiger charge is -2.28. The molecule has 0 aliphatic carbocycles. The van der Waals surface area contributed by atoms with Gasteiger partial charge >= 0.3 is 6.18 Å². The summed E-state index contributed by atoms with van der Waals surface area (Å²) in [7, 11) is 0. The third-order valence-electron chi connectivity index (χ3n) is 7.01. The van der Waals surface area contributed by atoms with E-state index in [0.29, 0.717) is 43.7 Å². The summed E-state index contributed by atoms with van der Waals surface area (Å²) in [5.41, 5.74) is 3.69. The summed E-state index contributed by atoms with van der Waals surface area (Å²) in [5, 5.41) is 0. The first kappa shape index (κ1) is 25.6. The Morgan fingerprint density at radius 1 is 0.789 bits per heavy atom. The minimum absolute atomic E-state index is 0.0301. The fraction of sp³-hybridized carbons (Fsp3) is 0.267. The number of carbonyl (C=O) groups excluding carboxylic acids is 2. The van der Waals surface area contributed by atoms with Crippen LogP contribution in [0.4, 0.5) is 24.5 Å². The van der Waals surface area contributed by atoms with Crippen molar-refractivity contribution in [3.8, 4) is 0 Å². The Morgan fingerprint density at radius 2 is 1.47 bits per heavy atom. The van der Waals surface area contributed by atoms with Crippen molar-refractivity contribution in [3.63, 3.8) is 0 Å². The van der Waals surface area contributed by atoms with E-state index < -0.39 is 11.7 Å². The first-order valence-corrected chi connectivity index (χ1v) is 12.7. The van der Waals surface area contributed by atoms with Gasteiger partial charge in [0, 0.05) is 49.7 Å². The first-order valence-electron chi connectivity index (χ1n) is 12.7. The van der Waals surface area contributed by atoms with Gasteiger partial charge in [-0.2, -0.15) is 13.2 Å². The van der Waals surface area contributed by atoms with Gasteiger partial charge in [0.1, 0.15) is 0 Å². The summed E-state index contributed by atoms with van der Waals surface area (Å²) < 4.78 is 38.4. The summed E-state index contributed by atoms with van der Waals surface area (Å²) in [6.45, 7) is 2.59. The molecule has 3 aromatic carbocycles. The molecule has 8 heteroatoms. The van der Waals surface area contributed by atoms with E-state index in [1.54, 1.807) is 9.80 Å². The molecule has 0 unspecified atom stereocenters. The Labute approximate surface area is 219 Å². The molecule has 2 amide bonds. The van der Waals surface area contributed by atoms with Crippen LogP contribution in [0.1, 0.15) is 33.5 Å². The van der Waals surface area contributed by atoms with Gasteiger partial charge in [-0.3, -0.25) is 9.59 Å². The Hall–Kier alpha value is -4.07. The van der Waals surface area contributed by atoms with E-state index in [0.717, 1.165) is 35.6 Å². The fourth-order valence-corrected chi connectivity index (χ4v) is 4.94. The summed E-state index contributed by atoms with van der Waals surface area (Å²) in [4.78, 5) is 31.7. The van der Waals surface area contributed by atoms with Gasteiger partial charge in [0.25, 0.3) is 5.91 Å². The zero-order valence-electron chi connectivity index (χ0n) is 20.8. The average molecular weight is 520 g/mol.